The van der Waals surface area contributed by atoms with Gasteiger partial charge in [0.15, 0.2) is 0 Å². The zero-order chi connectivity index (χ0) is 27.1. The van der Waals surface area contributed by atoms with Crippen molar-refractivity contribution in [3.05, 3.63) is 59.8 Å². The van der Waals surface area contributed by atoms with Gasteiger partial charge in [-0.05, 0) is 81.1 Å². The minimum Gasteiger partial charge on any atom is -0.410 e. The Morgan fingerprint density at radius 1 is 1.10 bits per heavy atom. The molecule has 8 heteroatoms. The van der Waals surface area contributed by atoms with Crippen molar-refractivity contribution in [2.75, 3.05) is 45.6 Å². The molecule has 4 heterocycles. The van der Waals surface area contributed by atoms with Gasteiger partial charge >= 0.3 is 12.1 Å². The minimum atomic E-state index is -0.464. The van der Waals surface area contributed by atoms with Crippen LogP contribution in [0.25, 0.3) is 10.9 Å². The third-order valence-corrected chi connectivity index (χ3v) is 8.91. The topological polar surface area (TPSA) is 78.8 Å². The van der Waals surface area contributed by atoms with Crippen LogP contribution < -0.4 is 15.4 Å². The predicted octanol–water partition coefficient (Wildman–Crippen LogP) is 5.13. The summed E-state index contributed by atoms with van der Waals surface area (Å²) in [6.07, 6.45) is 4.00. The summed E-state index contributed by atoms with van der Waals surface area (Å²) in [6.45, 7) is 5.72. The maximum atomic E-state index is 14.0. The molecule has 206 valence electrons. The number of ether oxygens (including phenoxy) is 1. The van der Waals surface area contributed by atoms with Crippen molar-refractivity contribution < 1.29 is 14.3 Å². The summed E-state index contributed by atoms with van der Waals surface area (Å²) in [5.74, 6) is 2.13. The van der Waals surface area contributed by atoms with E-state index in [2.05, 4.69) is 22.5 Å². The molecule has 5 atom stereocenters. The lowest BCUT2D eigenvalue weighted by molar-refractivity contribution is -0.0138. The average Bonchev–Trinajstić information content (AvgIpc) is 3.19. The summed E-state index contributed by atoms with van der Waals surface area (Å²) in [5.41, 5.74) is 4.03. The van der Waals surface area contributed by atoms with E-state index in [0.29, 0.717) is 36.1 Å². The number of benzene rings is 2. The number of amides is 2. The molecule has 8 nitrogen and oxygen atoms in total. The predicted molar refractivity (Wildman–Crippen MR) is 154 cm³/mol. The Balaban J connectivity index is 1.40. The lowest BCUT2D eigenvalue weighted by Crippen LogP contribution is -2.56. The van der Waals surface area contributed by atoms with Gasteiger partial charge in [0.2, 0.25) is 0 Å². The summed E-state index contributed by atoms with van der Waals surface area (Å²) in [4.78, 5) is 31.1. The molecule has 0 radical (unpaired) electrons. The van der Waals surface area contributed by atoms with Gasteiger partial charge in [-0.2, -0.15) is 0 Å². The van der Waals surface area contributed by atoms with Gasteiger partial charge in [-0.1, -0.05) is 31.5 Å². The van der Waals surface area contributed by atoms with Gasteiger partial charge in [0.1, 0.15) is 5.75 Å². The van der Waals surface area contributed by atoms with E-state index in [4.69, 9.17) is 4.74 Å². The number of aromatic nitrogens is 1. The molecule has 1 aromatic heterocycles. The quantitative estimate of drug-likeness (QED) is 0.463. The first-order chi connectivity index (χ1) is 18.9. The first kappa shape index (κ1) is 25.9. The molecule has 2 aromatic carbocycles. The summed E-state index contributed by atoms with van der Waals surface area (Å²) in [5, 5.41) is 6.96. The molecule has 0 spiro atoms. The highest BCUT2D eigenvalue weighted by molar-refractivity contribution is 6.01. The van der Waals surface area contributed by atoms with Crippen molar-refractivity contribution in [1.82, 2.24) is 19.7 Å². The fraction of sp³-hybridized carbons (Fsp3) is 0.484. The van der Waals surface area contributed by atoms with Crippen LogP contribution in [0.3, 0.4) is 0 Å². The van der Waals surface area contributed by atoms with Crippen LogP contribution in [-0.2, 0) is 6.42 Å². The van der Waals surface area contributed by atoms with Gasteiger partial charge in [-0.25, -0.2) is 9.59 Å². The lowest BCUT2D eigenvalue weighted by Gasteiger charge is -2.53. The van der Waals surface area contributed by atoms with E-state index in [0.717, 1.165) is 54.8 Å². The summed E-state index contributed by atoms with van der Waals surface area (Å²) < 4.78 is 7.60. The van der Waals surface area contributed by atoms with Crippen LogP contribution in [0.15, 0.2) is 48.5 Å². The Bertz CT molecular complexity index is 1370. The van der Waals surface area contributed by atoms with Crippen LogP contribution in [-0.4, -0.2) is 72.8 Å². The molecular weight excluding hydrogens is 490 g/mol. The van der Waals surface area contributed by atoms with Gasteiger partial charge in [0.05, 0.1) is 5.52 Å². The Morgan fingerprint density at radius 2 is 1.92 bits per heavy atom. The highest BCUT2D eigenvalue weighted by Gasteiger charge is 2.49. The highest BCUT2D eigenvalue weighted by atomic mass is 16.6. The molecule has 1 saturated carbocycles. The van der Waals surface area contributed by atoms with Gasteiger partial charge in [-0.3, -0.25) is 9.47 Å². The Morgan fingerprint density at radius 3 is 2.69 bits per heavy atom. The minimum absolute atomic E-state index is 0.134. The number of fused-ring (bicyclic) bond motifs is 4. The number of hydrogen-bond donors (Lipinski definition) is 2. The fourth-order valence-corrected chi connectivity index (χ4v) is 7.34. The SMILES string of the molecule is CC[C@H]1C[C@@H]2C[C@H]3c4c(c5cc(OC(=O)NCCN(C)C)ccc5n4C(=O)Nc4ccccc4)CCN(C2)[C@@H]13. The second-order valence-electron chi connectivity index (χ2n) is 11.6. The van der Waals surface area contributed by atoms with E-state index < -0.39 is 6.09 Å². The number of para-hydroxylation sites is 1. The smallest absolute Gasteiger partial charge is 0.410 e. The van der Waals surface area contributed by atoms with E-state index in [1.54, 1.807) is 6.07 Å². The third-order valence-electron chi connectivity index (χ3n) is 8.91. The third kappa shape index (κ3) is 4.92. The normalized spacial score (nSPS) is 25.3. The maximum absolute atomic E-state index is 14.0. The number of carbonyl (C=O) groups excluding carboxylic acids is 2. The van der Waals surface area contributed by atoms with E-state index in [9.17, 15) is 9.59 Å². The molecule has 1 unspecified atom stereocenters. The van der Waals surface area contributed by atoms with Crippen molar-refractivity contribution in [1.29, 1.82) is 0 Å². The molecule has 2 saturated heterocycles. The van der Waals surface area contributed by atoms with Gasteiger partial charge in [-0.15, -0.1) is 0 Å². The van der Waals surface area contributed by atoms with Gasteiger partial charge in [0.25, 0.3) is 0 Å². The second-order valence-corrected chi connectivity index (χ2v) is 11.6. The molecule has 39 heavy (non-hydrogen) atoms. The van der Waals surface area contributed by atoms with E-state index in [-0.39, 0.29) is 6.03 Å². The molecule has 3 aliphatic heterocycles. The van der Waals surface area contributed by atoms with Crippen molar-refractivity contribution in [2.45, 2.75) is 44.6 Å². The van der Waals surface area contributed by atoms with Gasteiger partial charge in [0, 0.05) is 54.9 Å². The number of hydrogen-bond acceptors (Lipinski definition) is 5. The molecule has 4 bridgehead atoms. The van der Waals surface area contributed by atoms with Crippen LogP contribution in [0.4, 0.5) is 15.3 Å². The summed E-state index contributed by atoms with van der Waals surface area (Å²) >= 11 is 0. The first-order valence-corrected chi connectivity index (χ1v) is 14.3. The molecule has 7 rings (SSSR count). The average molecular weight is 530 g/mol. The zero-order valence-electron chi connectivity index (χ0n) is 23.2. The summed E-state index contributed by atoms with van der Waals surface area (Å²) in [6, 6.07) is 15.7. The second kappa shape index (κ2) is 10.7. The van der Waals surface area contributed by atoms with E-state index >= 15 is 0 Å². The standard InChI is InChI=1S/C31H39N5O3/c1-4-21-16-20-17-26-28(21)35(19-20)14-12-24-25-18-23(39-31(38)32-13-15-34(2)3)10-11-27(25)36(29(24)26)30(37)33-22-8-6-5-7-9-22/h5-11,18,20-21,26,28H,4,12-17,19H2,1-3H3,(H,32,38)(H,33,37)/t20-,21+,26-,28+/m1/s1. The Kier molecular flexibility index (Phi) is 7.08. The van der Waals surface area contributed by atoms with Crippen molar-refractivity contribution >= 4 is 28.7 Å². The number of carbonyl (C=O) groups is 2. The molecule has 2 N–H and O–H groups in total. The van der Waals surface area contributed by atoms with Crippen LogP contribution in [0.2, 0.25) is 0 Å². The van der Waals surface area contributed by atoms with Crippen LogP contribution >= 0.6 is 0 Å². The van der Waals surface area contributed by atoms with Crippen LogP contribution in [0.5, 0.6) is 5.75 Å². The van der Waals surface area contributed by atoms with Crippen molar-refractivity contribution in [3.8, 4) is 5.75 Å². The molecule has 4 aliphatic rings. The molecular formula is C31H39N5O3. The highest BCUT2D eigenvalue weighted by Crippen LogP contribution is 2.52. The number of anilines is 1. The number of likely N-dealkylation sites (N-methyl/N-ethyl adjacent to an activating group) is 1. The van der Waals surface area contributed by atoms with Crippen LogP contribution in [0.1, 0.15) is 43.4 Å². The molecule has 2 amide bonds. The number of rotatable bonds is 6. The number of piperidine rings is 2. The number of nitrogens with zero attached hydrogens (tertiary/aromatic N) is 3. The summed E-state index contributed by atoms with van der Waals surface area (Å²) in [7, 11) is 3.93. The molecule has 3 fully saturated rings. The maximum Gasteiger partial charge on any atom is 0.412 e. The Hall–Kier alpha value is -3.36. The van der Waals surface area contributed by atoms with E-state index in [1.165, 1.54) is 18.4 Å². The molecule has 3 aromatic rings. The Labute approximate surface area is 230 Å². The fourth-order valence-electron chi connectivity index (χ4n) is 7.34. The zero-order valence-corrected chi connectivity index (χ0v) is 23.2. The van der Waals surface area contributed by atoms with Gasteiger partial charge < -0.3 is 20.3 Å². The monoisotopic (exact) mass is 529 g/mol. The first-order valence-electron chi connectivity index (χ1n) is 14.3. The largest absolute Gasteiger partial charge is 0.412 e. The molecule has 1 aliphatic carbocycles. The van der Waals surface area contributed by atoms with Crippen LogP contribution in [0, 0.1) is 11.8 Å². The van der Waals surface area contributed by atoms with Crippen molar-refractivity contribution in [3.63, 3.8) is 0 Å². The van der Waals surface area contributed by atoms with Crippen molar-refractivity contribution in [2.24, 2.45) is 11.8 Å². The van der Waals surface area contributed by atoms with E-state index in [1.807, 2.05) is 66.0 Å². The number of nitrogens with one attached hydrogen (secondary N) is 2. The lowest BCUT2D eigenvalue weighted by atomic mass is 9.65.